The number of carbonyl (C=O) groups is 2. The summed E-state index contributed by atoms with van der Waals surface area (Å²) < 4.78 is 42.1. The predicted molar refractivity (Wildman–Crippen MR) is 144 cm³/mol. The molecule has 2 aromatic rings. The van der Waals surface area contributed by atoms with Crippen LogP contribution in [0, 0.1) is 20.2 Å². The average Bonchev–Trinajstić information content (AvgIpc) is 2.85. The highest BCUT2D eigenvalue weighted by Crippen LogP contribution is 2.58. The van der Waals surface area contributed by atoms with Crippen molar-refractivity contribution in [1.29, 1.82) is 0 Å². The first-order valence-electron chi connectivity index (χ1n) is 10.2. The van der Waals surface area contributed by atoms with Crippen LogP contribution < -0.4 is 11.1 Å². The zero-order valence-corrected chi connectivity index (χ0v) is 24.9. The van der Waals surface area contributed by atoms with Gasteiger partial charge in [0.1, 0.15) is 0 Å². The number of nitrogens with one attached hydrogen (secondary N) is 1. The van der Waals surface area contributed by atoms with E-state index in [-0.39, 0.29) is 22.5 Å². The van der Waals surface area contributed by atoms with Crippen molar-refractivity contribution in [2.45, 2.75) is 11.0 Å². The summed E-state index contributed by atoms with van der Waals surface area (Å²) in [6, 6.07) is 8.96. The van der Waals surface area contributed by atoms with Gasteiger partial charge in [0.2, 0.25) is 11.0 Å². The van der Waals surface area contributed by atoms with Crippen LogP contribution in [0.15, 0.2) is 48.5 Å². The van der Waals surface area contributed by atoms with Gasteiger partial charge in [0.25, 0.3) is 22.5 Å². The summed E-state index contributed by atoms with van der Waals surface area (Å²) >= 11 is 5.13. The molecular formula is C16H21ClN4O18P4. The molecule has 0 aromatic heterocycles. The fraction of sp³-hybridized carbons (Fsp3) is 0.125. The van der Waals surface area contributed by atoms with E-state index < -0.39 is 62.4 Å². The third-order valence-corrected chi connectivity index (χ3v) is 11.0. The van der Waals surface area contributed by atoms with Gasteiger partial charge in [-0.1, -0.05) is 0 Å². The molecule has 240 valence electrons. The molecule has 2 rings (SSSR count). The molecule has 0 aliphatic carbocycles. The first-order valence-corrected chi connectivity index (χ1v) is 17.3. The fourth-order valence-corrected chi connectivity index (χ4v) is 6.04. The first kappa shape index (κ1) is 40.2. The molecule has 0 spiro atoms. The quantitative estimate of drug-likeness (QED) is 0.0731. The highest BCUT2D eigenvalue weighted by atomic mass is 35.5. The standard InChI is InChI=1S/C8H10N2O9P2.C7H4ClNO3.CH7NO6P2/c11-7(5-1-3-6(4-2-5)10(12)13)9-8(20(14,15)16)21(17,18)19;8-7(10)5-1-3-6(4-2-5)9(11)12;2-1(9(3,4)5)10(6,7)8/h1-4,8H,(H,9,11)(H2,14,15,16)(H2,17,18,19);1-4H;1H,2H2,(H2,3,4,5)(H2,6,7,8). The monoisotopic (exact) mass is 716 g/mol. The Morgan fingerprint density at radius 1 is 0.674 bits per heavy atom. The van der Waals surface area contributed by atoms with Crippen molar-refractivity contribution in [1.82, 2.24) is 5.32 Å². The van der Waals surface area contributed by atoms with Crippen molar-refractivity contribution < 1.29 is 76.8 Å². The van der Waals surface area contributed by atoms with E-state index in [1.54, 1.807) is 0 Å². The van der Waals surface area contributed by atoms with Gasteiger partial charge >= 0.3 is 30.4 Å². The number of hydrogen-bond acceptors (Lipinski definition) is 11. The van der Waals surface area contributed by atoms with Gasteiger partial charge in [0.15, 0.2) is 0 Å². The zero-order valence-electron chi connectivity index (χ0n) is 20.6. The molecule has 0 aliphatic rings. The van der Waals surface area contributed by atoms with Gasteiger partial charge in [-0.25, -0.2) is 0 Å². The van der Waals surface area contributed by atoms with Crippen molar-refractivity contribution in [3.05, 3.63) is 79.9 Å². The molecule has 1 amide bonds. The molecule has 0 fully saturated rings. The summed E-state index contributed by atoms with van der Waals surface area (Å²) in [5.41, 5.74) is -0.978. The van der Waals surface area contributed by atoms with E-state index >= 15 is 0 Å². The van der Waals surface area contributed by atoms with E-state index in [9.17, 15) is 48.1 Å². The average molecular weight is 717 g/mol. The molecule has 0 unspecified atom stereocenters. The Morgan fingerprint density at radius 2 is 0.977 bits per heavy atom. The van der Waals surface area contributed by atoms with Crippen LogP contribution in [0.2, 0.25) is 0 Å². The lowest BCUT2D eigenvalue weighted by atomic mass is 10.2. The van der Waals surface area contributed by atoms with Crippen molar-refractivity contribution in [3.63, 3.8) is 0 Å². The summed E-state index contributed by atoms with van der Waals surface area (Å²) in [7, 11) is -20.3. The van der Waals surface area contributed by atoms with Crippen LogP contribution in [0.4, 0.5) is 11.4 Å². The molecular weight excluding hydrogens is 696 g/mol. The maximum Gasteiger partial charge on any atom is 0.360 e. The molecule has 11 N–H and O–H groups in total. The van der Waals surface area contributed by atoms with Crippen LogP contribution in [-0.4, -0.2) is 71.2 Å². The Kier molecular flexibility index (Phi) is 14.8. The summed E-state index contributed by atoms with van der Waals surface area (Å²) in [4.78, 5) is 109. The largest absolute Gasteiger partial charge is 0.360 e. The summed E-state index contributed by atoms with van der Waals surface area (Å²) in [5.74, 6) is -1.19. The van der Waals surface area contributed by atoms with Crippen LogP contribution in [0.5, 0.6) is 0 Å². The lowest BCUT2D eigenvalue weighted by Gasteiger charge is -2.20. The molecule has 0 radical (unpaired) electrons. The van der Waals surface area contributed by atoms with Gasteiger partial charge in [0.05, 0.1) is 9.85 Å². The Labute approximate surface area is 243 Å². The first-order chi connectivity index (χ1) is 19.2. The predicted octanol–water partition coefficient (Wildman–Crippen LogP) is 0.521. The number of carbonyl (C=O) groups excluding carboxylic acids is 2. The van der Waals surface area contributed by atoms with Crippen LogP contribution >= 0.6 is 42.0 Å². The van der Waals surface area contributed by atoms with Crippen LogP contribution in [0.25, 0.3) is 0 Å². The van der Waals surface area contributed by atoms with Gasteiger partial charge in [-0.15, -0.1) is 0 Å². The summed E-state index contributed by atoms with van der Waals surface area (Å²) in [5, 5.41) is 21.5. The van der Waals surface area contributed by atoms with Gasteiger partial charge < -0.3 is 50.2 Å². The minimum absolute atomic E-state index is 0.0586. The summed E-state index contributed by atoms with van der Waals surface area (Å²) in [6.45, 7) is 0. The normalized spacial score (nSPS) is 11.9. The number of hydrogen-bond donors (Lipinski definition) is 10. The lowest BCUT2D eigenvalue weighted by molar-refractivity contribution is -0.385. The minimum Gasteiger partial charge on any atom is -0.328 e. The Hall–Kier alpha value is -2.77. The third kappa shape index (κ3) is 14.5. The van der Waals surface area contributed by atoms with E-state index in [0.717, 1.165) is 24.3 Å². The Bertz CT molecular complexity index is 1440. The minimum atomic E-state index is -5.30. The van der Waals surface area contributed by atoms with E-state index in [2.05, 4.69) is 5.73 Å². The molecule has 0 heterocycles. The fourth-order valence-electron chi connectivity index (χ4n) is 2.21. The Morgan fingerprint density at radius 3 is 1.19 bits per heavy atom. The molecule has 0 aliphatic heterocycles. The van der Waals surface area contributed by atoms with E-state index in [1.807, 2.05) is 0 Å². The zero-order chi connectivity index (χ0) is 34.1. The maximum absolute atomic E-state index is 11.7. The van der Waals surface area contributed by atoms with Gasteiger partial charge in [-0.3, -0.25) is 48.1 Å². The number of amides is 1. The van der Waals surface area contributed by atoms with Crippen molar-refractivity contribution in [3.8, 4) is 0 Å². The third-order valence-electron chi connectivity index (χ3n) is 4.23. The van der Waals surface area contributed by atoms with Crippen LogP contribution in [-0.2, 0) is 18.3 Å². The second-order valence-electron chi connectivity index (χ2n) is 7.50. The van der Waals surface area contributed by atoms with Crippen molar-refractivity contribution in [2.24, 2.45) is 5.73 Å². The second kappa shape index (κ2) is 15.8. The SMILES string of the molecule is NC(P(=O)(O)O)P(=O)(O)O.O=C(Cl)c1ccc([N+](=O)[O-])cc1.O=C(NC(P(=O)(O)O)P(=O)(O)O)c1ccc([N+](=O)[O-])cc1. The van der Waals surface area contributed by atoms with Crippen LogP contribution in [0.1, 0.15) is 20.7 Å². The van der Waals surface area contributed by atoms with Gasteiger partial charge in [-0.2, -0.15) is 0 Å². The van der Waals surface area contributed by atoms with E-state index in [0.29, 0.717) is 0 Å². The second-order valence-corrected chi connectivity index (χ2v) is 15.5. The lowest BCUT2D eigenvalue weighted by Crippen LogP contribution is -2.34. The number of nitro benzene ring substituents is 2. The molecule has 27 heteroatoms. The smallest absolute Gasteiger partial charge is 0.328 e. The summed E-state index contributed by atoms with van der Waals surface area (Å²) in [6.07, 6.45) is 0. The van der Waals surface area contributed by atoms with Crippen molar-refractivity contribution >= 4 is 64.5 Å². The number of nitro groups is 2. The topological polar surface area (TPSA) is 389 Å². The number of halogens is 1. The number of nitrogens with two attached hydrogens (primary N) is 1. The van der Waals surface area contributed by atoms with E-state index in [1.165, 1.54) is 29.6 Å². The van der Waals surface area contributed by atoms with E-state index in [4.69, 9.17) is 50.7 Å². The van der Waals surface area contributed by atoms with Gasteiger partial charge in [-0.05, 0) is 35.9 Å². The number of nitrogens with zero attached hydrogens (tertiary/aromatic N) is 2. The molecule has 0 saturated carbocycles. The highest BCUT2D eigenvalue weighted by molar-refractivity contribution is 7.71. The molecule has 0 atom stereocenters. The molecule has 22 nitrogen and oxygen atoms in total. The molecule has 43 heavy (non-hydrogen) atoms. The number of benzene rings is 2. The molecule has 0 bridgehead atoms. The highest BCUT2D eigenvalue weighted by Gasteiger charge is 2.44. The molecule has 2 aromatic carbocycles. The number of non-ortho nitro benzene ring substituents is 2. The maximum atomic E-state index is 11.7. The van der Waals surface area contributed by atoms with Gasteiger partial charge in [0, 0.05) is 35.4 Å². The molecule has 0 saturated heterocycles. The number of rotatable bonds is 9. The van der Waals surface area contributed by atoms with Crippen LogP contribution in [0.3, 0.4) is 0 Å². The Balaban J connectivity index is 0.000000678. The van der Waals surface area contributed by atoms with Crippen molar-refractivity contribution in [2.75, 3.05) is 0 Å².